The molecule has 0 saturated carbocycles. The Morgan fingerprint density at radius 3 is 2.23 bits per heavy atom. The summed E-state index contributed by atoms with van der Waals surface area (Å²) >= 11 is 1.63. The van der Waals surface area contributed by atoms with Crippen LogP contribution in [0.1, 0.15) is 45.3 Å². The third kappa shape index (κ3) is 5.42. The summed E-state index contributed by atoms with van der Waals surface area (Å²) < 4.78 is 5.47. The van der Waals surface area contributed by atoms with Crippen LogP contribution in [0.5, 0.6) is 0 Å². The molecule has 5 heteroatoms. The maximum atomic E-state index is 13.0. The Hall–Kier alpha value is -2.92. The van der Waals surface area contributed by atoms with Crippen LogP contribution in [-0.2, 0) is 35.5 Å². The van der Waals surface area contributed by atoms with Crippen LogP contribution in [0.25, 0.3) is 0 Å². The van der Waals surface area contributed by atoms with E-state index in [1.165, 1.54) is 4.88 Å². The zero-order valence-electron chi connectivity index (χ0n) is 17.8. The van der Waals surface area contributed by atoms with Gasteiger partial charge in [-0.15, -0.1) is 11.3 Å². The minimum Gasteiger partial charge on any atom is -0.452 e. The highest BCUT2D eigenvalue weighted by Crippen LogP contribution is 2.33. The molecule has 3 aromatic rings. The Morgan fingerprint density at radius 2 is 1.61 bits per heavy atom. The van der Waals surface area contributed by atoms with Gasteiger partial charge in [-0.25, -0.2) is 4.79 Å². The fraction of sp³-hybridized carbons (Fsp3) is 0.308. The van der Waals surface area contributed by atoms with Gasteiger partial charge in [0.05, 0.1) is 5.56 Å². The molecule has 1 heterocycles. The predicted octanol–water partition coefficient (Wildman–Crippen LogP) is 5.26. The van der Waals surface area contributed by atoms with Gasteiger partial charge in [0.2, 0.25) is 0 Å². The smallest absolute Gasteiger partial charge is 0.339 e. The molecule has 160 valence electrons. The molecule has 0 bridgehead atoms. The lowest BCUT2D eigenvalue weighted by molar-refractivity contribution is -0.135. The van der Waals surface area contributed by atoms with Crippen molar-refractivity contribution in [2.24, 2.45) is 5.92 Å². The van der Waals surface area contributed by atoms with E-state index in [2.05, 4.69) is 6.92 Å². The SMILES string of the molecule is CC1CCc2c(C(=O)OCC(=O)N(Cc3ccccc3)Cc3ccccc3)csc2C1. The molecule has 31 heavy (non-hydrogen) atoms. The number of benzene rings is 2. The van der Waals surface area contributed by atoms with E-state index in [-0.39, 0.29) is 18.5 Å². The largest absolute Gasteiger partial charge is 0.452 e. The van der Waals surface area contributed by atoms with Crippen molar-refractivity contribution in [1.29, 1.82) is 0 Å². The van der Waals surface area contributed by atoms with E-state index in [0.29, 0.717) is 24.6 Å². The molecule has 4 rings (SSSR count). The van der Waals surface area contributed by atoms with E-state index in [4.69, 9.17) is 4.74 Å². The Bertz CT molecular complexity index is 988. The Kier molecular flexibility index (Phi) is 6.82. The van der Waals surface area contributed by atoms with Gasteiger partial charge in [0.25, 0.3) is 5.91 Å². The van der Waals surface area contributed by atoms with Crippen LogP contribution < -0.4 is 0 Å². The first-order chi connectivity index (χ1) is 15.1. The third-order valence-electron chi connectivity index (χ3n) is 5.73. The van der Waals surface area contributed by atoms with Crippen LogP contribution in [0.3, 0.4) is 0 Å². The average molecular weight is 434 g/mol. The third-order valence-corrected chi connectivity index (χ3v) is 6.78. The topological polar surface area (TPSA) is 46.6 Å². The number of nitrogens with zero attached hydrogens (tertiary/aromatic N) is 1. The molecule has 0 saturated heterocycles. The summed E-state index contributed by atoms with van der Waals surface area (Å²) in [7, 11) is 0. The highest BCUT2D eigenvalue weighted by Gasteiger charge is 2.25. The van der Waals surface area contributed by atoms with Gasteiger partial charge < -0.3 is 9.64 Å². The first-order valence-corrected chi connectivity index (χ1v) is 11.6. The predicted molar refractivity (Wildman–Crippen MR) is 123 cm³/mol. The van der Waals surface area contributed by atoms with Crippen LogP contribution >= 0.6 is 11.3 Å². The van der Waals surface area contributed by atoms with Crippen molar-refractivity contribution in [3.8, 4) is 0 Å². The number of thiophene rings is 1. The second-order valence-electron chi connectivity index (χ2n) is 8.20. The second kappa shape index (κ2) is 9.92. The fourth-order valence-electron chi connectivity index (χ4n) is 3.98. The number of ether oxygens (including phenoxy) is 1. The number of hydrogen-bond donors (Lipinski definition) is 0. The van der Waals surface area contributed by atoms with Gasteiger partial charge in [-0.3, -0.25) is 4.79 Å². The fourth-order valence-corrected chi connectivity index (χ4v) is 5.22. The maximum absolute atomic E-state index is 13.0. The summed E-state index contributed by atoms with van der Waals surface area (Å²) in [6.45, 7) is 2.93. The van der Waals surface area contributed by atoms with E-state index in [0.717, 1.165) is 36.0 Å². The van der Waals surface area contributed by atoms with E-state index in [1.807, 2.05) is 66.0 Å². The molecule has 1 aliphatic carbocycles. The Balaban J connectivity index is 1.42. The van der Waals surface area contributed by atoms with Crippen LogP contribution in [0.4, 0.5) is 0 Å². The summed E-state index contributed by atoms with van der Waals surface area (Å²) in [5.41, 5.74) is 3.83. The number of hydrogen-bond acceptors (Lipinski definition) is 4. The van der Waals surface area contributed by atoms with E-state index < -0.39 is 0 Å². The van der Waals surface area contributed by atoms with Crippen LogP contribution in [0.2, 0.25) is 0 Å². The maximum Gasteiger partial charge on any atom is 0.339 e. The molecule has 1 atom stereocenters. The number of carbonyl (C=O) groups excluding carboxylic acids is 2. The van der Waals surface area contributed by atoms with Gasteiger partial charge in [-0.1, -0.05) is 67.6 Å². The highest BCUT2D eigenvalue weighted by molar-refractivity contribution is 7.10. The number of esters is 1. The number of rotatable bonds is 7. The first kappa shape index (κ1) is 21.3. The molecule has 0 aliphatic heterocycles. The molecule has 0 spiro atoms. The van der Waals surface area contributed by atoms with Gasteiger partial charge >= 0.3 is 5.97 Å². The monoisotopic (exact) mass is 433 g/mol. The zero-order chi connectivity index (χ0) is 21.6. The molecule has 1 aromatic heterocycles. The average Bonchev–Trinajstić information content (AvgIpc) is 3.21. The minimum absolute atomic E-state index is 0.196. The molecule has 1 aliphatic rings. The number of amides is 1. The molecule has 0 radical (unpaired) electrons. The standard InChI is InChI=1S/C26H27NO3S/c1-19-12-13-22-23(18-31-24(22)14-19)26(29)30-17-25(28)27(15-20-8-4-2-5-9-20)16-21-10-6-3-7-11-21/h2-11,18-19H,12-17H2,1H3. The molecule has 1 amide bonds. The molecular formula is C26H27NO3S. The molecule has 4 nitrogen and oxygen atoms in total. The molecule has 1 unspecified atom stereocenters. The van der Waals surface area contributed by atoms with Crippen molar-refractivity contribution >= 4 is 23.2 Å². The van der Waals surface area contributed by atoms with Crippen LogP contribution in [0.15, 0.2) is 66.0 Å². The molecule has 0 N–H and O–H groups in total. The van der Waals surface area contributed by atoms with Crippen LogP contribution in [-0.4, -0.2) is 23.4 Å². The van der Waals surface area contributed by atoms with Gasteiger partial charge in [-0.05, 0) is 41.9 Å². The van der Waals surface area contributed by atoms with Gasteiger partial charge in [0.15, 0.2) is 6.61 Å². The Morgan fingerprint density at radius 1 is 1.00 bits per heavy atom. The normalized spacial score (nSPS) is 15.2. The molecular weight excluding hydrogens is 406 g/mol. The summed E-state index contributed by atoms with van der Waals surface area (Å²) in [5, 5.41) is 1.89. The van der Waals surface area contributed by atoms with Crippen molar-refractivity contribution in [3.05, 3.63) is 93.2 Å². The minimum atomic E-state index is -0.389. The summed E-state index contributed by atoms with van der Waals surface area (Å²) in [6.07, 6.45) is 3.02. The van der Waals surface area contributed by atoms with Gasteiger partial charge in [-0.2, -0.15) is 0 Å². The lowest BCUT2D eigenvalue weighted by Crippen LogP contribution is -2.34. The van der Waals surface area contributed by atoms with Crippen molar-refractivity contribution in [1.82, 2.24) is 4.90 Å². The Labute approximate surface area is 187 Å². The van der Waals surface area contributed by atoms with Crippen molar-refractivity contribution in [2.75, 3.05) is 6.61 Å². The quantitative estimate of drug-likeness (QED) is 0.478. The van der Waals surface area contributed by atoms with E-state index in [1.54, 1.807) is 16.2 Å². The van der Waals surface area contributed by atoms with Crippen molar-refractivity contribution in [3.63, 3.8) is 0 Å². The molecule has 0 fully saturated rings. The first-order valence-electron chi connectivity index (χ1n) is 10.7. The zero-order valence-corrected chi connectivity index (χ0v) is 18.6. The highest BCUT2D eigenvalue weighted by atomic mass is 32.1. The van der Waals surface area contributed by atoms with Gasteiger partial charge in [0, 0.05) is 23.3 Å². The van der Waals surface area contributed by atoms with Crippen molar-refractivity contribution < 1.29 is 14.3 Å². The summed E-state index contributed by atoms with van der Waals surface area (Å²) in [6, 6.07) is 19.7. The summed E-state index contributed by atoms with van der Waals surface area (Å²) in [5.74, 6) is 0.0691. The van der Waals surface area contributed by atoms with Crippen LogP contribution in [0, 0.1) is 5.92 Å². The second-order valence-corrected chi connectivity index (χ2v) is 9.16. The van der Waals surface area contributed by atoms with E-state index >= 15 is 0 Å². The van der Waals surface area contributed by atoms with Crippen molar-refractivity contribution in [2.45, 2.75) is 39.3 Å². The lowest BCUT2D eigenvalue weighted by Gasteiger charge is -2.23. The number of carbonyl (C=O) groups is 2. The lowest BCUT2D eigenvalue weighted by atomic mass is 9.88. The molecule has 2 aromatic carbocycles. The van der Waals surface area contributed by atoms with E-state index in [9.17, 15) is 9.59 Å². The number of fused-ring (bicyclic) bond motifs is 1. The summed E-state index contributed by atoms with van der Waals surface area (Å²) in [4.78, 5) is 28.7. The van der Waals surface area contributed by atoms with Gasteiger partial charge in [0.1, 0.15) is 0 Å².